The van der Waals surface area contributed by atoms with Gasteiger partial charge in [0, 0.05) is 32.0 Å². The number of carbonyl (C=O) groups is 2. The molecular weight excluding hydrogens is 644 g/mol. The fourth-order valence-corrected chi connectivity index (χ4v) is 8.31. The number of hydrogen-bond donors (Lipinski definition) is 2. The minimum Gasteiger partial charge on any atom is -0.459 e. The van der Waals surface area contributed by atoms with E-state index in [2.05, 4.69) is 31.9 Å². The number of rotatable bonds is 8. The van der Waals surface area contributed by atoms with Crippen LogP contribution >= 0.6 is 0 Å². The number of carbonyl (C=O) groups excluding carboxylic acids is 2. The first-order chi connectivity index (χ1) is 23.3. The normalized spacial score (nSPS) is 44.0. The molecule has 0 aliphatic carbocycles. The number of fused-ring (bicyclic) bond motifs is 3. The summed E-state index contributed by atoms with van der Waals surface area (Å²) in [5.74, 6) is -2.96. The Balaban J connectivity index is 2.15. The molecule has 3 aliphatic rings. The third-order valence-electron chi connectivity index (χ3n) is 11.0. The van der Waals surface area contributed by atoms with Crippen molar-refractivity contribution in [3.63, 3.8) is 0 Å². The van der Waals surface area contributed by atoms with Gasteiger partial charge in [-0.3, -0.25) is 14.5 Å². The number of nitrogens with zero attached hydrogens (tertiary/aromatic N) is 2. The van der Waals surface area contributed by atoms with Gasteiger partial charge in [-0.25, -0.2) is 0 Å². The second-order valence-corrected chi connectivity index (χ2v) is 15.8. The summed E-state index contributed by atoms with van der Waals surface area (Å²) < 4.78 is 38.0. The Labute approximate surface area is 300 Å². The summed E-state index contributed by atoms with van der Waals surface area (Å²) in [6.45, 7) is 26.1. The maximum absolute atomic E-state index is 13.9. The number of likely N-dealkylation sites (N-methyl/N-ethyl adjacent to an activating group) is 1. The Morgan fingerprint density at radius 2 is 1.84 bits per heavy atom. The van der Waals surface area contributed by atoms with Crippen LogP contribution in [0.5, 0.6) is 0 Å². The maximum atomic E-state index is 13.9. The lowest BCUT2D eigenvalue weighted by Gasteiger charge is -2.48. The first-order valence-electron chi connectivity index (χ1n) is 18.3. The molecular formula is C38H66N2O10. The van der Waals surface area contributed by atoms with Crippen molar-refractivity contribution in [3.05, 3.63) is 24.8 Å². The number of esters is 2. The van der Waals surface area contributed by atoms with E-state index in [0.29, 0.717) is 25.9 Å². The van der Waals surface area contributed by atoms with Crippen molar-refractivity contribution >= 4 is 11.9 Å². The van der Waals surface area contributed by atoms with Gasteiger partial charge in [0.1, 0.15) is 11.7 Å². The zero-order chi connectivity index (χ0) is 37.7. The van der Waals surface area contributed by atoms with Crippen LogP contribution in [0.1, 0.15) is 81.6 Å². The molecule has 0 spiro atoms. The lowest BCUT2D eigenvalue weighted by molar-refractivity contribution is -0.301. The van der Waals surface area contributed by atoms with Gasteiger partial charge in [-0.15, -0.1) is 6.58 Å². The molecule has 3 saturated heterocycles. The van der Waals surface area contributed by atoms with Gasteiger partial charge >= 0.3 is 11.9 Å². The van der Waals surface area contributed by atoms with Gasteiger partial charge in [-0.1, -0.05) is 33.4 Å². The van der Waals surface area contributed by atoms with E-state index in [9.17, 15) is 19.8 Å². The van der Waals surface area contributed by atoms with Crippen molar-refractivity contribution in [2.24, 2.45) is 17.8 Å². The van der Waals surface area contributed by atoms with Crippen LogP contribution in [0.15, 0.2) is 24.8 Å². The van der Waals surface area contributed by atoms with E-state index < -0.39 is 71.8 Å². The summed E-state index contributed by atoms with van der Waals surface area (Å²) in [5.41, 5.74) is -1.73. The zero-order valence-corrected chi connectivity index (χ0v) is 32.4. The Morgan fingerprint density at radius 3 is 2.42 bits per heavy atom. The predicted molar refractivity (Wildman–Crippen MR) is 190 cm³/mol. The second kappa shape index (κ2) is 17.7. The van der Waals surface area contributed by atoms with Gasteiger partial charge in [-0.2, -0.15) is 0 Å². The molecule has 2 N–H and O–H groups in total. The van der Waals surface area contributed by atoms with Gasteiger partial charge in [0.05, 0.1) is 55.2 Å². The molecule has 3 rings (SSSR count). The SMILES string of the molecule is C=CCO[C@@]1(C)[C@@H]2OCC(=C)CN(C[C@@H]2C)[C@H](C)C[C@@](C)(O)[C@H](O[C@@H]2O[C@H](C)C[C@H](N(C)C)[C@H]2OC(C)=O)[C@@H](C)[C@H](O)[C@@H](C)C(=O)O[C@@H]1CC. The molecule has 0 aromatic heterocycles. The molecule has 15 atom stereocenters. The summed E-state index contributed by atoms with van der Waals surface area (Å²) in [4.78, 5) is 30.5. The van der Waals surface area contributed by atoms with Gasteiger partial charge in [-0.05, 0) is 79.5 Å². The highest BCUT2D eigenvalue weighted by Gasteiger charge is 2.52. The highest BCUT2D eigenvalue weighted by atomic mass is 16.7. The Hall–Kier alpha value is -1.90. The van der Waals surface area contributed by atoms with Gasteiger partial charge in [0.2, 0.25) is 0 Å². The number of cyclic esters (lactones) is 1. The summed E-state index contributed by atoms with van der Waals surface area (Å²) in [5, 5.41) is 24.3. The fraction of sp³-hybridized carbons (Fsp3) is 0.842. The van der Waals surface area contributed by atoms with E-state index in [1.54, 1.807) is 26.8 Å². The molecule has 0 saturated carbocycles. The molecule has 0 aromatic carbocycles. The number of aliphatic hydroxyl groups excluding tert-OH is 1. The molecule has 288 valence electrons. The quantitative estimate of drug-likeness (QED) is 0.281. The molecule has 12 heteroatoms. The van der Waals surface area contributed by atoms with Crippen LogP contribution in [-0.4, -0.2) is 139 Å². The van der Waals surface area contributed by atoms with Crippen molar-refractivity contribution in [1.29, 1.82) is 0 Å². The predicted octanol–water partition coefficient (Wildman–Crippen LogP) is 3.72. The lowest BCUT2D eigenvalue weighted by Crippen LogP contribution is -2.60. The number of hydrogen-bond acceptors (Lipinski definition) is 12. The smallest absolute Gasteiger partial charge is 0.311 e. The van der Waals surface area contributed by atoms with E-state index in [4.69, 9.17) is 28.4 Å². The fourth-order valence-electron chi connectivity index (χ4n) is 8.31. The van der Waals surface area contributed by atoms with E-state index >= 15 is 0 Å². The van der Waals surface area contributed by atoms with Gasteiger partial charge in [0.25, 0.3) is 0 Å². The van der Waals surface area contributed by atoms with E-state index in [1.807, 2.05) is 39.8 Å². The number of ether oxygens (including phenoxy) is 6. The summed E-state index contributed by atoms with van der Waals surface area (Å²) in [6, 6.07) is -0.397. The van der Waals surface area contributed by atoms with Gasteiger partial charge in [0.15, 0.2) is 12.4 Å². The standard InChI is InChI=1S/C38H66N2O10/c1-14-16-46-38(11)30(15-2)49-35(43)27(8)31(42)26(7)34(50-36-32(48-28(9)41)29(39(12)13)17-25(6)47-36)37(10,44)18-24(5)40-19-22(3)21-45-33(38)23(4)20-40/h14,23-27,29-34,36,42,44H,1,3,15-21H2,2,4-13H3/t23-,24+,25+,26-,27+,29-,30+,31-,32+,33+,34+,36-,37+,38+/m0/s1. The third-order valence-corrected chi connectivity index (χ3v) is 11.0. The zero-order valence-electron chi connectivity index (χ0n) is 32.4. The largest absolute Gasteiger partial charge is 0.459 e. The first kappa shape index (κ1) is 42.5. The van der Waals surface area contributed by atoms with Crippen molar-refractivity contribution in [1.82, 2.24) is 9.80 Å². The summed E-state index contributed by atoms with van der Waals surface area (Å²) >= 11 is 0. The Kier molecular flexibility index (Phi) is 15.1. The van der Waals surface area contributed by atoms with Crippen molar-refractivity contribution in [2.45, 2.75) is 148 Å². The van der Waals surface area contributed by atoms with Crippen LogP contribution in [0.4, 0.5) is 0 Å². The van der Waals surface area contributed by atoms with Crippen LogP contribution in [-0.2, 0) is 38.0 Å². The van der Waals surface area contributed by atoms with Crippen molar-refractivity contribution < 1.29 is 48.2 Å². The Morgan fingerprint density at radius 1 is 1.18 bits per heavy atom. The van der Waals surface area contributed by atoms with E-state index in [0.717, 1.165) is 5.57 Å². The molecule has 12 nitrogen and oxygen atoms in total. The molecule has 50 heavy (non-hydrogen) atoms. The van der Waals surface area contributed by atoms with Gasteiger partial charge < -0.3 is 43.5 Å². The van der Waals surface area contributed by atoms with Crippen LogP contribution in [0.2, 0.25) is 0 Å². The van der Waals surface area contributed by atoms with Crippen LogP contribution in [0, 0.1) is 17.8 Å². The highest BCUT2D eigenvalue weighted by molar-refractivity contribution is 5.73. The summed E-state index contributed by atoms with van der Waals surface area (Å²) in [6.07, 6.45) is -2.68. The molecule has 0 aromatic rings. The monoisotopic (exact) mass is 710 g/mol. The number of aliphatic hydroxyl groups is 2. The minimum atomic E-state index is -1.54. The molecule has 3 heterocycles. The van der Waals surface area contributed by atoms with Crippen LogP contribution in [0.25, 0.3) is 0 Å². The van der Waals surface area contributed by atoms with E-state index in [1.165, 1.54) is 6.92 Å². The van der Waals surface area contributed by atoms with E-state index in [-0.39, 0.29) is 43.7 Å². The summed E-state index contributed by atoms with van der Waals surface area (Å²) in [7, 11) is 3.81. The highest BCUT2D eigenvalue weighted by Crippen LogP contribution is 2.39. The third kappa shape index (κ3) is 9.95. The van der Waals surface area contributed by atoms with Crippen molar-refractivity contribution in [2.75, 3.05) is 40.4 Å². The van der Waals surface area contributed by atoms with Crippen molar-refractivity contribution in [3.8, 4) is 0 Å². The average molecular weight is 711 g/mol. The lowest BCUT2D eigenvalue weighted by atomic mass is 9.78. The van der Waals surface area contributed by atoms with Crippen LogP contribution < -0.4 is 0 Å². The molecule has 0 amide bonds. The topological polar surface area (TPSA) is 136 Å². The maximum Gasteiger partial charge on any atom is 0.311 e. The van der Waals surface area contributed by atoms with Crippen LogP contribution in [0.3, 0.4) is 0 Å². The average Bonchev–Trinajstić information content (AvgIpc) is 3.02. The minimum absolute atomic E-state index is 0.0817. The molecule has 1 unspecified atom stereocenters. The first-order valence-corrected chi connectivity index (χ1v) is 18.3. The molecule has 3 aliphatic heterocycles. The Bertz CT molecular complexity index is 1160. The molecule has 0 radical (unpaired) electrons. The molecule has 2 bridgehead atoms. The second-order valence-electron chi connectivity index (χ2n) is 15.8. The molecule has 3 fully saturated rings.